The van der Waals surface area contributed by atoms with Crippen LogP contribution in [0, 0.1) is 0 Å². The van der Waals surface area contributed by atoms with E-state index in [1.807, 2.05) is 23.6 Å². The lowest BCUT2D eigenvalue weighted by Gasteiger charge is -2.29. The number of fused-ring (bicyclic) bond motifs is 2. The Kier molecular flexibility index (Phi) is 3.86. The van der Waals surface area contributed by atoms with Crippen molar-refractivity contribution in [1.82, 2.24) is 4.90 Å². The number of benzene rings is 1. The molecule has 1 fully saturated rings. The first kappa shape index (κ1) is 15.4. The first-order valence-corrected chi connectivity index (χ1v) is 9.01. The molecule has 1 amide bonds. The highest BCUT2D eigenvalue weighted by Gasteiger charge is 2.23. The molecule has 6 heteroatoms. The normalized spacial score (nSPS) is 17.7. The number of hydrogen-bond donors (Lipinski definition) is 2. The lowest BCUT2D eigenvalue weighted by atomic mass is 10.0. The molecule has 0 saturated carbocycles. The minimum atomic E-state index is -0.287. The Morgan fingerprint density at radius 1 is 1.25 bits per heavy atom. The molecule has 2 aliphatic heterocycles. The van der Waals surface area contributed by atoms with Gasteiger partial charge in [-0.3, -0.25) is 4.79 Å². The van der Waals surface area contributed by atoms with Crippen molar-refractivity contribution in [3.8, 4) is 0 Å². The van der Waals surface area contributed by atoms with Crippen LogP contribution in [0.25, 0.3) is 0 Å². The molecule has 124 valence electrons. The van der Waals surface area contributed by atoms with Gasteiger partial charge in [0.25, 0.3) is 5.91 Å². The highest BCUT2D eigenvalue weighted by Crippen LogP contribution is 2.31. The molecule has 2 aromatic rings. The Bertz CT molecular complexity index is 819. The molecular formula is C18H19N3O2S. The van der Waals surface area contributed by atoms with E-state index >= 15 is 0 Å². The van der Waals surface area contributed by atoms with Crippen molar-refractivity contribution in [2.45, 2.75) is 25.4 Å². The fraction of sp³-hybridized carbons (Fsp3) is 0.333. The molecule has 0 spiro atoms. The molecule has 3 N–H and O–H groups in total. The molecule has 1 saturated heterocycles. The highest BCUT2D eigenvalue weighted by atomic mass is 32.1. The van der Waals surface area contributed by atoms with Gasteiger partial charge in [-0.05, 0) is 47.5 Å². The fourth-order valence-electron chi connectivity index (χ4n) is 3.29. The second-order valence-corrected chi connectivity index (χ2v) is 7.23. The molecule has 2 aliphatic rings. The third-order valence-electron chi connectivity index (χ3n) is 4.69. The predicted octanol–water partition coefficient (Wildman–Crippen LogP) is 2.29. The quantitative estimate of drug-likeness (QED) is 0.835. The molecular weight excluding hydrogens is 322 g/mol. The molecule has 3 heterocycles. The zero-order valence-electron chi connectivity index (χ0n) is 13.2. The van der Waals surface area contributed by atoms with Gasteiger partial charge in [-0.1, -0.05) is 6.07 Å². The number of aliphatic hydroxyl groups excluding tert-OH is 1. The summed E-state index contributed by atoms with van der Waals surface area (Å²) >= 11 is 1.60. The number of amidine groups is 1. The van der Waals surface area contributed by atoms with E-state index in [1.165, 1.54) is 5.56 Å². The Labute approximate surface area is 144 Å². The van der Waals surface area contributed by atoms with Crippen LogP contribution >= 0.6 is 11.3 Å². The van der Waals surface area contributed by atoms with Crippen LogP contribution in [0.1, 0.15) is 39.2 Å². The van der Waals surface area contributed by atoms with E-state index in [0.717, 1.165) is 22.5 Å². The van der Waals surface area contributed by atoms with Crippen LogP contribution in [0.15, 0.2) is 34.6 Å². The van der Waals surface area contributed by atoms with Crippen molar-refractivity contribution < 1.29 is 9.90 Å². The first-order chi connectivity index (χ1) is 11.6. The van der Waals surface area contributed by atoms with Gasteiger partial charge in [0.05, 0.1) is 16.7 Å². The third-order valence-corrected chi connectivity index (χ3v) is 5.66. The Balaban J connectivity index is 1.64. The maximum atomic E-state index is 12.7. The summed E-state index contributed by atoms with van der Waals surface area (Å²) in [6, 6.07) is 7.77. The summed E-state index contributed by atoms with van der Waals surface area (Å²) in [6.45, 7) is 1.19. The van der Waals surface area contributed by atoms with Crippen LogP contribution in [-0.4, -0.2) is 40.9 Å². The van der Waals surface area contributed by atoms with Crippen LogP contribution in [0.3, 0.4) is 0 Å². The van der Waals surface area contributed by atoms with Gasteiger partial charge in [-0.25, -0.2) is 4.99 Å². The van der Waals surface area contributed by atoms with E-state index in [9.17, 15) is 9.90 Å². The van der Waals surface area contributed by atoms with Crippen LogP contribution in [0.4, 0.5) is 5.69 Å². The molecule has 0 radical (unpaired) electrons. The summed E-state index contributed by atoms with van der Waals surface area (Å²) < 4.78 is 0. The van der Waals surface area contributed by atoms with E-state index in [2.05, 4.69) is 11.1 Å². The zero-order valence-corrected chi connectivity index (χ0v) is 14.1. The van der Waals surface area contributed by atoms with Gasteiger partial charge in [0, 0.05) is 25.1 Å². The van der Waals surface area contributed by atoms with Gasteiger partial charge in [0.2, 0.25) is 0 Å². The van der Waals surface area contributed by atoms with Gasteiger partial charge in [0.15, 0.2) is 0 Å². The fourth-order valence-corrected chi connectivity index (χ4v) is 4.11. The second kappa shape index (κ2) is 6.03. The molecule has 5 nitrogen and oxygen atoms in total. The summed E-state index contributed by atoms with van der Waals surface area (Å²) in [6.07, 6.45) is 1.77. The number of likely N-dealkylation sites (tertiary alicyclic amines) is 1. The standard InChI is InChI=1S/C18H19N3O2S/c19-17-16-12(5-8-24-16)9-11-1-2-13(10-15(11)20-17)18(23)21-6-3-14(22)4-7-21/h1-2,5,8,10,14,22H,3-4,6-7,9H2,(H2,19,20). The van der Waals surface area contributed by atoms with E-state index in [4.69, 9.17) is 5.73 Å². The number of nitrogens with zero attached hydrogens (tertiary/aromatic N) is 2. The summed E-state index contributed by atoms with van der Waals surface area (Å²) in [7, 11) is 0. The maximum absolute atomic E-state index is 12.7. The Hall–Kier alpha value is -2.18. The smallest absolute Gasteiger partial charge is 0.253 e. The second-order valence-electron chi connectivity index (χ2n) is 6.32. The topological polar surface area (TPSA) is 78.9 Å². The number of rotatable bonds is 1. The van der Waals surface area contributed by atoms with Gasteiger partial charge in [-0.15, -0.1) is 11.3 Å². The van der Waals surface area contributed by atoms with Crippen LogP contribution in [-0.2, 0) is 6.42 Å². The number of carbonyl (C=O) groups is 1. The van der Waals surface area contributed by atoms with Crippen molar-refractivity contribution in [2.24, 2.45) is 10.7 Å². The van der Waals surface area contributed by atoms with Gasteiger partial charge >= 0.3 is 0 Å². The van der Waals surface area contributed by atoms with Gasteiger partial charge in [0.1, 0.15) is 5.84 Å². The average molecular weight is 341 g/mol. The summed E-state index contributed by atoms with van der Waals surface area (Å²) in [5.74, 6) is 0.516. The minimum Gasteiger partial charge on any atom is -0.393 e. The molecule has 0 unspecified atom stereocenters. The SMILES string of the molecule is NC1=Nc2cc(C(=O)N3CCC(O)CC3)ccc2Cc2ccsc21. The van der Waals surface area contributed by atoms with Crippen molar-refractivity contribution in [3.05, 3.63) is 51.2 Å². The number of hydrogen-bond acceptors (Lipinski definition) is 5. The molecule has 1 aromatic heterocycles. The minimum absolute atomic E-state index is 0.00232. The molecule has 4 rings (SSSR count). The van der Waals surface area contributed by atoms with Crippen LogP contribution in [0.2, 0.25) is 0 Å². The number of nitrogens with two attached hydrogens (primary N) is 1. The predicted molar refractivity (Wildman–Crippen MR) is 95.1 cm³/mol. The number of carbonyl (C=O) groups excluding carboxylic acids is 1. The lowest BCUT2D eigenvalue weighted by Crippen LogP contribution is -2.40. The van der Waals surface area contributed by atoms with Gasteiger partial charge < -0.3 is 15.7 Å². The van der Waals surface area contributed by atoms with E-state index < -0.39 is 0 Å². The zero-order chi connectivity index (χ0) is 16.7. The molecule has 0 atom stereocenters. The number of thiophene rings is 1. The first-order valence-electron chi connectivity index (χ1n) is 8.13. The maximum Gasteiger partial charge on any atom is 0.253 e. The number of piperidine rings is 1. The monoisotopic (exact) mass is 341 g/mol. The third kappa shape index (κ3) is 2.72. The van der Waals surface area contributed by atoms with E-state index in [0.29, 0.717) is 37.3 Å². The van der Waals surface area contributed by atoms with E-state index in [-0.39, 0.29) is 12.0 Å². The summed E-state index contributed by atoms with van der Waals surface area (Å²) in [5, 5.41) is 11.6. The average Bonchev–Trinajstić information content (AvgIpc) is 3.00. The summed E-state index contributed by atoms with van der Waals surface area (Å²) in [4.78, 5) is 20.1. The Morgan fingerprint density at radius 2 is 2.04 bits per heavy atom. The molecule has 0 bridgehead atoms. The van der Waals surface area contributed by atoms with Gasteiger partial charge in [-0.2, -0.15) is 0 Å². The van der Waals surface area contributed by atoms with Crippen LogP contribution < -0.4 is 5.73 Å². The van der Waals surface area contributed by atoms with Crippen molar-refractivity contribution in [1.29, 1.82) is 0 Å². The summed E-state index contributed by atoms with van der Waals surface area (Å²) in [5.41, 5.74) is 9.80. The van der Waals surface area contributed by atoms with Crippen molar-refractivity contribution in [3.63, 3.8) is 0 Å². The Morgan fingerprint density at radius 3 is 2.83 bits per heavy atom. The van der Waals surface area contributed by atoms with Crippen molar-refractivity contribution >= 4 is 28.8 Å². The largest absolute Gasteiger partial charge is 0.393 e. The number of aliphatic imine (C=N–C) groups is 1. The number of amides is 1. The number of aliphatic hydroxyl groups is 1. The van der Waals surface area contributed by atoms with E-state index in [1.54, 1.807) is 16.2 Å². The molecule has 24 heavy (non-hydrogen) atoms. The molecule has 0 aliphatic carbocycles. The highest BCUT2D eigenvalue weighted by molar-refractivity contribution is 7.12. The van der Waals surface area contributed by atoms with Crippen molar-refractivity contribution in [2.75, 3.05) is 13.1 Å². The molecule has 1 aromatic carbocycles. The van der Waals surface area contributed by atoms with Crippen LogP contribution in [0.5, 0.6) is 0 Å². The lowest BCUT2D eigenvalue weighted by molar-refractivity contribution is 0.0546.